The van der Waals surface area contributed by atoms with E-state index < -0.39 is 0 Å². The number of rotatable bonds is 10. The summed E-state index contributed by atoms with van der Waals surface area (Å²) in [6.45, 7) is 3.13. The minimum atomic E-state index is -0.298. The number of nitrogens with one attached hydrogen (secondary N) is 1. The molecular formula is C25H25IN2O4. The second-order valence-corrected chi connectivity index (χ2v) is 8.14. The van der Waals surface area contributed by atoms with E-state index in [0.717, 1.165) is 23.3 Å². The number of hydrogen-bond donors (Lipinski definition) is 1. The molecule has 6 nitrogen and oxygen atoms in total. The molecule has 7 heteroatoms. The van der Waals surface area contributed by atoms with Gasteiger partial charge in [0.05, 0.1) is 19.9 Å². The van der Waals surface area contributed by atoms with Gasteiger partial charge in [-0.05, 0) is 94.7 Å². The predicted octanol–water partition coefficient (Wildman–Crippen LogP) is 5.43. The summed E-state index contributed by atoms with van der Waals surface area (Å²) in [5.74, 6) is 1.67. The molecule has 0 fully saturated rings. The molecule has 0 aliphatic heterocycles. The Morgan fingerprint density at radius 1 is 1.00 bits per heavy atom. The molecule has 0 bridgehead atoms. The smallest absolute Gasteiger partial charge is 0.271 e. The van der Waals surface area contributed by atoms with E-state index >= 15 is 0 Å². The van der Waals surface area contributed by atoms with Crippen LogP contribution in [0.25, 0.3) is 0 Å². The van der Waals surface area contributed by atoms with Crippen molar-refractivity contribution in [3.8, 4) is 17.2 Å². The number of nitrogens with zero attached hydrogens (tertiary/aromatic N) is 1. The molecule has 0 saturated heterocycles. The van der Waals surface area contributed by atoms with E-state index in [2.05, 4.69) is 33.1 Å². The Morgan fingerprint density at radius 2 is 1.75 bits per heavy atom. The Morgan fingerprint density at radius 3 is 2.44 bits per heavy atom. The molecule has 0 heterocycles. The standard InChI is InChI=1S/C25H25IN2O4/c1-3-14-31-22-11-7-20(8-12-22)25(29)28-27-16-19-6-13-23(24(15-19)30-2)32-17-18-4-9-21(26)10-5-18/h4-13,15-16H,3,14,17H2,1-2H3,(H,28,29)/b27-16-. The SMILES string of the molecule is CCCOc1ccc(C(=O)N/N=C\c2ccc(OCc3ccc(I)cc3)c(OC)c2)cc1. The van der Waals surface area contributed by atoms with Crippen molar-refractivity contribution >= 4 is 34.7 Å². The molecule has 0 aromatic heterocycles. The highest BCUT2D eigenvalue weighted by Crippen LogP contribution is 2.28. The van der Waals surface area contributed by atoms with Crippen LogP contribution in [0.4, 0.5) is 0 Å². The molecule has 0 atom stereocenters. The Hall–Kier alpha value is -3.07. The lowest BCUT2D eigenvalue weighted by molar-refractivity contribution is 0.0955. The number of amides is 1. The van der Waals surface area contributed by atoms with Gasteiger partial charge in [0.15, 0.2) is 11.5 Å². The van der Waals surface area contributed by atoms with Crippen LogP contribution in [0.5, 0.6) is 17.2 Å². The van der Waals surface area contributed by atoms with Crippen LogP contribution in [0.3, 0.4) is 0 Å². The highest BCUT2D eigenvalue weighted by atomic mass is 127. The topological polar surface area (TPSA) is 69.2 Å². The van der Waals surface area contributed by atoms with Crippen molar-refractivity contribution in [1.29, 1.82) is 0 Å². The molecule has 1 amide bonds. The molecule has 0 aliphatic rings. The van der Waals surface area contributed by atoms with Crippen LogP contribution in [0.15, 0.2) is 71.8 Å². The predicted molar refractivity (Wildman–Crippen MR) is 134 cm³/mol. The maximum absolute atomic E-state index is 12.3. The van der Waals surface area contributed by atoms with Gasteiger partial charge in [0, 0.05) is 9.13 Å². The van der Waals surface area contributed by atoms with E-state index in [4.69, 9.17) is 14.2 Å². The Labute approximate surface area is 201 Å². The number of hydrazone groups is 1. The largest absolute Gasteiger partial charge is 0.494 e. The number of ether oxygens (including phenoxy) is 3. The average Bonchev–Trinajstić information content (AvgIpc) is 2.83. The summed E-state index contributed by atoms with van der Waals surface area (Å²) in [6.07, 6.45) is 2.49. The van der Waals surface area contributed by atoms with Gasteiger partial charge >= 0.3 is 0 Å². The van der Waals surface area contributed by atoms with Gasteiger partial charge in [0.2, 0.25) is 0 Å². The van der Waals surface area contributed by atoms with Gasteiger partial charge in [-0.15, -0.1) is 0 Å². The Balaban J connectivity index is 1.57. The molecule has 0 saturated carbocycles. The zero-order valence-electron chi connectivity index (χ0n) is 18.0. The first-order chi connectivity index (χ1) is 15.6. The van der Waals surface area contributed by atoms with Crippen LogP contribution in [-0.4, -0.2) is 25.8 Å². The summed E-state index contributed by atoms with van der Waals surface area (Å²) in [7, 11) is 1.59. The minimum absolute atomic E-state index is 0.298. The van der Waals surface area contributed by atoms with E-state index in [9.17, 15) is 4.79 Å². The Bertz CT molecular complexity index is 1050. The molecule has 1 N–H and O–H groups in total. The zero-order valence-corrected chi connectivity index (χ0v) is 20.2. The first-order valence-corrected chi connectivity index (χ1v) is 11.3. The number of benzene rings is 3. The van der Waals surface area contributed by atoms with Gasteiger partial charge in [-0.1, -0.05) is 19.1 Å². The molecule has 0 spiro atoms. The van der Waals surface area contributed by atoms with Gasteiger partial charge in [-0.2, -0.15) is 5.10 Å². The first-order valence-electron chi connectivity index (χ1n) is 10.2. The van der Waals surface area contributed by atoms with Crippen LogP contribution in [0.1, 0.15) is 34.8 Å². The summed E-state index contributed by atoms with van der Waals surface area (Å²) in [6, 6.07) is 20.6. The van der Waals surface area contributed by atoms with Crippen molar-refractivity contribution in [3.63, 3.8) is 0 Å². The van der Waals surface area contributed by atoms with Gasteiger partial charge in [-0.25, -0.2) is 5.43 Å². The molecule has 3 aromatic carbocycles. The lowest BCUT2D eigenvalue weighted by atomic mass is 10.2. The van der Waals surface area contributed by atoms with E-state index in [-0.39, 0.29) is 5.91 Å². The molecule has 0 unspecified atom stereocenters. The number of carbonyl (C=O) groups excluding carboxylic acids is 1. The van der Waals surface area contributed by atoms with E-state index in [1.54, 1.807) is 43.7 Å². The summed E-state index contributed by atoms with van der Waals surface area (Å²) < 4.78 is 18.0. The number of methoxy groups -OCH3 is 1. The van der Waals surface area contributed by atoms with E-state index in [0.29, 0.717) is 30.3 Å². The maximum Gasteiger partial charge on any atom is 0.271 e. The number of halogens is 1. The second kappa shape index (κ2) is 12.1. The maximum atomic E-state index is 12.3. The average molecular weight is 544 g/mol. The third-order valence-electron chi connectivity index (χ3n) is 4.46. The Kier molecular flexibility index (Phi) is 8.91. The lowest BCUT2D eigenvalue weighted by Crippen LogP contribution is -2.17. The van der Waals surface area contributed by atoms with Gasteiger partial charge in [0.1, 0.15) is 12.4 Å². The van der Waals surface area contributed by atoms with Gasteiger partial charge < -0.3 is 14.2 Å². The van der Waals surface area contributed by atoms with Crippen molar-refractivity contribution in [2.24, 2.45) is 5.10 Å². The summed E-state index contributed by atoms with van der Waals surface area (Å²) in [4.78, 5) is 12.3. The first kappa shape index (κ1) is 23.6. The molecule has 3 rings (SSSR count). The fraction of sp³-hybridized carbons (Fsp3) is 0.200. The highest BCUT2D eigenvalue weighted by Gasteiger charge is 2.07. The second-order valence-electron chi connectivity index (χ2n) is 6.90. The molecule has 3 aromatic rings. The van der Waals surface area contributed by atoms with Crippen molar-refractivity contribution in [2.45, 2.75) is 20.0 Å². The molecule has 166 valence electrons. The van der Waals surface area contributed by atoms with E-state index in [1.807, 2.05) is 43.3 Å². The monoisotopic (exact) mass is 544 g/mol. The third kappa shape index (κ3) is 6.98. The molecule has 0 aliphatic carbocycles. The van der Waals surface area contributed by atoms with Gasteiger partial charge in [-0.3, -0.25) is 4.79 Å². The molecule has 0 radical (unpaired) electrons. The van der Waals surface area contributed by atoms with Crippen molar-refractivity contribution in [1.82, 2.24) is 5.43 Å². The van der Waals surface area contributed by atoms with Crippen LogP contribution in [-0.2, 0) is 6.61 Å². The zero-order chi connectivity index (χ0) is 22.8. The van der Waals surface area contributed by atoms with Crippen molar-refractivity contribution in [2.75, 3.05) is 13.7 Å². The summed E-state index contributed by atoms with van der Waals surface area (Å²) in [5.41, 5.74) is 4.88. The van der Waals surface area contributed by atoms with Crippen LogP contribution >= 0.6 is 22.6 Å². The minimum Gasteiger partial charge on any atom is -0.494 e. The number of carbonyl (C=O) groups is 1. The highest BCUT2D eigenvalue weighted by molar-refractivity contribution is 14.1. The fourth-order valence-electron chi connectivity index (χ4n) is 2.78. The summed E-state index contributed by atoms with van der Waals surface area (Å²) in [5, 5.41) is 4.04. The fourth-order valence-corrected chi connectivity index (χ4v) is 3.14. The van der Waals surface area contributed by atoms with E-state index in [1.165, 1.54) is 3.57 Å². The lowest BCUT2D eigenvalue weighted by Gasteiger charge is -2.11. The number of hydrogen-bond acceptors (Lipinski definition) is 5. The van der Waals surface area contributed by atoms with Crippen molar-refractivity contribution in [3.05, 3.63) is 87.0 Å². The normalized spacial score (nSPS) is 10.7. The summed E-state index contributed by atoms with van der Waals surface area (Å²) >= 11 is 2.27. The van der Waals surface area contributed by atoms with Crippen LogP contribution in [0, 0.1) is 3.57 Å². The van der Waals surface area contributed by atoms with Gasteiger partial charge in [0.25, 0.3) is 5.91 Å². The van der Waals surface area contributed by atoms with Crippen LogP contribution < -0.4 is 19.6 Å². The molecule has 32 heavy (non-hydrogen) atoms. The molecular weight excluding hydrogens is 519 g/mol. The van der Waals surface area contributed by atoms with Crippen molar-refractivity contribution < 1.29 is 19.0 Å². The third-order valence-corrected chi connectivity index (χ3v) is 5.18. The quantitative estimate of drug-likeness (QED) is 0.210. The van der Waals surface area contributed by atoms with Crippen LogP contribution in [0.2, 0.25) is 0 Å².